The minimum Gasteiger partial charge on any atom is -0.444 e. The Labute approximate surface area is 335 Å². The number of aliphatic hydroxyl groups is 1. The van der Waals surface area contributed by atoms with Crippen LogP contribution < -0.4 is 5.32 Å². The summed E-state index contributed by atoms with van der Waals surface area (Å²) in [6, 6.07) is 13.0. The lowest BCUT2D eigenvalue weighted by Crippen LogP contribution is -2.49. The number of β-amino-alcohol motifs (C(OH)–C–C–N with tert-alkyl or cyclic N) is 1. The average molecular weight is 783 g/mol. The van der Waals surface area contributed by atoms with Gasteiger partial charge in [-0.3, -0.25) is 4.90 Å². The molecule has 7 rings (SSSR count). The first-order valence-corrected chi connectivity index (χ1v) is 20.6. The van der Waals surface area contributed by atoms with E-state index in [2.05, 4.69) is 68.2 Å². The number of piperidine rings is 1. The highest BCUT2D eigenvalue weighted by molar-refractivity contribution is 5.97. The Morgan fingerprint density at radius 2 is 1.67 bits per heavy atom. The molecule has 13 heteroatoms. The number of fused-ring (bicyclic) bond motifs is 1. The number of rotatable bonds is 9. The molecule has 0 spiro atoms. The molecule has 3 aliphatic heterocycles. The molecule has 3 saturated heterocycles. The molecule has 0 aliphatic carbocycles. The number of piperazine rings is 1. The van der Waals surface area contributed by atoms with Gasteiger partial charge in [0.15, 0.2) is 0 Å². The molecule has 12 nitrogen and oxygen atoms in total. The number of urea groups is 1. The largest absolute Gasteiger partial charge is 0.444 e. The lowest BCUT2D eigenvalue weighted by atomic mass is 9.95. The summed E-state index contributed by atoms with van der Waals surface area (Å²) in [4.78, 5) is 46.8. The molecule has 3 amide bonds. The van der Waals surface area contributed by atoms with E-state index < -0.39 is 17.5 Å². The molecular weight excluding hydrogens is 724 g/mol. The second-order valence-corrected chi connectivity index (χ2v) is 17.8. The monoisotopic (exact) mass is 782 g/mol. The normalized spacial score (nSPS) is 20.2. The number of nitrogens with zero attached hydrogens (tertiary/aromatic N) is 6. The quantitative estimate of drug-likeness (QED) is 0.161. The Hall–Kier alpha value is -4.59. The Morgan fingerprint density at radius 1 is 0.965 bits per heavy atom. The molecule has 0 unspecified atom stereocenters. The molecule has 2 aromatic heterocycles. The molecule has 3 N–H and O–H groups in total. The van der Waals surface area contributed by atoms with E-state index in [1.54, 1.807) is 4.90 Å². The minimum atomic E-state index is -0.571. The van der Waals surface area contributed by atoms with E-state index in [-0.39, 0.29) is 24.6 Å². The highest BCUT2D eigenvalue weighted by atomic mass is 19.1. The fraction of sp³-hybridized carbons (Fsp3) is 0.545. The van der Waals surface area contributed by atoms with Crippen LogP contribution in [0.3, 0.4) is 0 Å². The molecule has 306 valence electrons. The molecule has 4 aromatic rings. The zero-order valence-electron chi connectivity index (χ0n) is 34.4. The number of benzene rings is 2. The van der Waals surface area contributed by atoms with Crippen LogP contribution in [0.25, 0.3) is 33.5 Å². The zero-order chi connectivity index (χ0) is 40.4. The predicted octanol–water partition coefficient (Wildman–Crippen LogP) is 7.37. The lowest BCUT2D eigenvalue weighted by Gasteiger charge is -2.39. The van der Waals surface area contributed by atoms with Crippen molar-refractivity contribution >= 4 is 28.8 Å². The first kappa shape index (κ1) is 40.6. The summed E-state index contributed by atoms with van der Waals surface area (Å²) < 4.78 is 20.7. The van der Waals surface area contributed by atoms with Gasteiger partial charge in [0.2, 0.25) is 0 Å². The van der Waals surface area contributed by atoms with Gasteiger partial charge in [0.25, 0.3) is 0 Å². The van der Waals surface area contributed by atoms with E-state index in [1.165, 1.54) is 24.0 Å². The molecule has 0 saturated carbocycles. The maximum atomic E-state index is 15.2. The number of H-pyrrole nitrogens is 1. The first-order valence-electron chi connectivity index (χ1n) is 20.6. The average Bonchev–Trinajstić information content (AvgIpc) is 3.77. The van der Waals surface area contributed by atoms with Crippen molar-refractivity contribution in [3.63, 3.8) is 0 Å². The number of carbonyl (C=O) groups excluding carboxylic acids is 2. The lowest BCUT2D eigenvalue weighted by molar-refractivity contribution is 0.0159. The number of hydrogen-bond acceptors (Lipinski definition) is 8. The number of aromatic amines is 1. The van der Waals surface area contributed by atoms with Crippen molar-refractivity contribution in [1.29, 1.82) is 0 Å². The number of amides is 3. The van der Waals surface area contributed by atoms with E-state index in [9.17, 15) is 14.7 Å². The number of aliphatic hydroxyl groups excluding tert-OH is 1. The van der Waals surface area contributed by atoms with Gasteiger partial charge in [-0.25, -0.2) is 23.9 Å². The van der Waals surface area contributed by atoms with Crippen LogP contribution in [0.4, 0.5) is 19.7 Å². The molecule has 3 fully saturated rings. The van der Waals surface area contributed by atoms with Gasteiger partial charge in [-0.2, -0.15) is 0 Å². The van der Waals surface area contributed by atoms with Gasteiger partial charge < -0.3 is 34.8 Å². The number of hydrogen-bond donors (Lipinski definition) is 3. The number of carbonyl (C=O) groups is 2. The maximum absolute atomic E-state index is 15.2. The number of halogens is 1. The standard InChI is InChI=1S/C44H59FN8O4/c1-28(2)19-33-25-53(26-39(33)54)42(55)49-37-21-34(45)20-35(29(37)3)40-36-22-38(48-41(36)47-27-46-40)32-9-7-30(8-10-32)23-50-15-17-51(18-16-50)24-31-11-13-52(14-12-31)43(56)57-44(4,5)6/h7-10,20-22,27-28,31,33,39,54H,11-19,23-26H2,1-6H3,(H,49,55)(H,46,47,48)/t33-,39-/m0/s1. The number of aromatic nitrogens is 3. The van der Waals surface area contributed by atoms with Crippen molar-refractivity contribution in [3.8, 4) is 22.5 Å². The topological polar surface area (TPSA) is 130 Å². The molecule has 2 atom stereocenters. The third kappa shape index (κ3) is 9.93. The molecule has 0 bridgehead atoms. The van der Waals surface area contributed by atoms with Gasteiger partial charge in [0.05, 0.1) is 11.8 Å². The molecule has 57 heavy (non-hydrogen) atoms. The SMILES string of the molecule is Cc1c(NC(=O)N2C[C@H](CC(C)C)[C@@H](O)C2)cc(F)cc1-c1ncnc2[nH]c(-c3ccc(CN4CCN(CC5CCN(C(=O)OC(C)(C)C)CC5)CC4)cc3)cc12. The molecule has 5 heterocycles. The summed E-state index contributed by atoms with van der Waals surface area (Å²) >= 11 is 0. The van der Waals surface area contributed by atoms with Gasteiger partial charge >= 0.3 is 12.1 Å². The van der Waals surface area contributed by atoms with Crippen LogP contribution in [0.1, 0.15) is 65.0 Å². The van der Waals surface area contributed by atoms with Gasteiger partial charge in [-0.1, -0.05) is 38.1 Å². The van der Waals surface area contributed by atoms with Gasteiger partial charge in [-0.15, -0.1) is 0 Å². The van der Waals surface area contributed by atoms with Gasteiger partial charge in [0.1, 0.15) is 23.4 Å². The molecule has 0 radical (unpaired) electrons. The Bertz CT molecular complexity index is 2030. The summed E-state index contributed by atoms with van der Waals surface area (Å²) in [6.07, 6.45) is 3.58. The first-order chi connectivity index (χ1) is 27.2. The van der Waals surface area contributed by atoms with Gasteiger partial charge in [0, 0.05) is 93.7 Å². The van der Waals surface area contributed by atoms with Crippen LogP contribution in [-0.4, -0.2) is 122 Å². The van der Waals surface area contributed by atoms with Crippen molar-refractivity contribution in [3.05, 3.63) is 65.7 Å². The van der Waals surface area contributed by atoms with Crippen LogP contribution in [-0.2, 0) is 11.3 Å². The van der Waals surface area contributed by atoms with Crippen LogP contribution in [0.5, 0.6) is 0 Å². The van der Waals surface area contributed by atoms with Crippen LogP contribution in [0, 0.1) is 30.5 Å². The summed E-state index contributed by atoms with van der Waals surface area (Å²) in [5.74, 6) is 0.562. The van der Waals surface area contributed by atoms with Crippen molar-refractivity contribution in [2.75, 3.05) is 64.2 Å². The van der Waals surface area contributed by atoms with E-state index in [1.807, 2.05) is 38.7 Å². The molecular formula is C44H59FN8O4. The van der Waals surface area contributed by atoms with Gasteiger partial charge in [-0.05, 0) is 93.7 Å². The summed E-state index contributed by atoms with van der Waals surface area (Å²) in [7, 11) is 0. The second kappa shape index (κ2) is 17.1. The van der Waals surface area contributed by atoms with Crippen LogP contribution in [0.15, 0.2) is 48.8 Å². The number of anilines is 1. The Morgan fingerprint density at radius 3 is 2.35 bits per heavy atom. The highest BCUT2D eigenvalue weighted by Gasteiger charge is 2.35. The second-order valence-electron chi connectivity index (χ2n) is 17.8. The zero-order valence-corrected chi connectivity index (χ0v) is 34.4. The molecule has 2 aromatic carbocycles. The third-order valence-corrected chi connectivity index (χ3v) is 11.7. The molecule has 3 aliphatic rings. The van der Waals surface area contributed by atoms with Crippen molar-refractivity contribution in [1.82, 2.24) is 34.6 Å². The van der Waals surface area contributed by atoms with Crippen LogP contribution >= 0.6 is 0 Å². The number of nitrogens with one attached hydrogen (secondary N) is 2. The van der Waals surface area contributed by atoms with E-state index in [4.69, 9.17) is 4.74 Å². The number of likely N-dealkylation sites (tertiary alicyclic amines) is 2. The summed E-state index contributed by atoms with van der Waals surface area (Å²) in [5, 5.41) is 14.2. The summed E-state index contributed by atoms with van der Waals surface area (Å²) in [5.41, 5.74) is 5.53. The number of ether oxygens (including phenoxy) is 1. The van der Waals surface area contributed by atoms with Crippen molar-refractivity contribution in [2.24, 2.45) is 17.8 Å². The van der Waals surface area contributed by atoms with Crippen molar-refractivity contribution < 1.29 is 23.8 Å². The maximum Gasteiger partial charge on any atom is 0.410 e. The highest BCUT2D eigenvalue weighted by Crippen LogP contribution is 2.35. The summed E-state index contributed by atoms with van der Waals surface area (Å²) in [6.45, 7) is 20.1. The third-order valence-electron chi connectivity index (χ3n) is 11.7. The van der Waals surface area contributed by atoms with E-state index in [0.29, 0.717) is 46.5 Å². The van der Waals surface area contributed by atoms with E-state index in [0.717, 1.165) is 88.3 Å². The Balaban J connectivity index is 0.947. The minimum absolute atomic E-state index is 0.0236. The van der Waals surface area contributed by atoms with E-state index >= 15 is 4.39 Å². The Kier molecular flexibility index (Phi) is 12.2. The predicted molar refractivity (Wildman–Crippen MR) is 221 cm³/mol. The fourth-order valence-corrected chi connectivity index (χ4v) is 8.58. The smallest absolute Gasteiger partial charge is 0.410 e. The van der Waals surface area contributed by atoms with Crippen molar-refractivity contribution in [2.45, 2.75) is 79.1 Å². The van der Waals surface area contributed by atoms with Crippen LogP contribution in [0.2, 0.25) is 0 Å². The fourth-order valence-electron chi connectivity index (χ4n) is 8.58.